The minimum Gasteiger partial charge on any atom is -0.550 e. The smallest absolute Gasteiger partial charge is 0.387 e. The van der Waals surface area contributed by atoms with E-state index in [1.807, 2.05) is 0 Å². The summed E-state index contributed by atoms with van der Waals surface area (Å²) in [5.74, 6) is -2.18. The molecule has 0 fully saturated rings. The minimum absolute atomic E-state index is 0.0243. The van der Waals surface area contributed by atoms with Crippen molar-refractivity contribution in [2.75, 3.05) is 13.2 Å². The van der Waals surface area contributed by atoms with Crippen LogP contribution in [0.4, 0.5) is 13.6 Å². The molecule has 29 heavy (non-hydrogen) atoms. The van der Waals surface area contributed by atoms with Gasteiger partial charge < -0.3 is 24.7 Å². The molecule has 158 valence electrons. The van der Waals surface area contributed by atoms with Crippen molar-refractivity contribution < 1.29 is 37.7 Å². The lowest BCUT2D eigenvalue weighted by molar-refractivity contribution is -0.305. The minimum atomic E-state index is -3.09. The maximum Gasteiger partial charge on any atom is 0.387 e. The molecule has 0 spiro atoms. The van der Waals surface area contributed by atoms with Crippen molar-refractivity contribution >= 4 is 18.0 Å². The van der Waals surface area contributed by atoms with Crippen molar-refractivity contribution in [1.82, 2.24) is 10.2 Å². The number of allylic oxidation sites excluding steroid dienone is 1. The SMILES string of the molecule is CCOC(=O)C1=C(C)N(CCCC(=O)[O-])C(=O)N[C@H]1c1ccccc1OC(F)F. The molecule has 2 rings (SSSR count). The van der Waals surface area contributed by atoms with E-state index in [4.69, 9.17) is 4.74 Å². The Kier molecular flexibility index (Phi) is 7.52. The predicted molar refractivity (Wildman–Crippen MR) is 94.6 cm³/mol. The fraction of sp³-hybridized carbons (Fsp3) is 0.421. The van der Waals surface area contributed by atoms with Gasteiger partial charge in [-0.05, 0) is 32.8 Å². The number of carboxylic acid groups (broad SMARTS) is 1. The number of aliphatic carboxylic acids is 1. The molecule has 1 N–H and O–H groups in total. The van der Waals surface area contributed by atoms with Crippen LogP contribution >= 0.6 is 0 Å². The highest BCUT2D eigenvalue weighted by molar-refractivity contribution is 5.95. The lowest BCUT2D eigenvalue weighted by atomic mass is 9.94. The topological polar surface area (TPSA) is 108 Å². The number of carboxylic acids is 1. The van der Waals surface area contributed by atoms with Crippen LogP contribution in [-0.2, 0) is 14.3 Å². The van der Waals surface area contributed by atoms with Crippen LogP contribution in [0.15, 0.2) is 35.5 Å². The Hall–Kier alpha value is -3.17. The molecule has 1 aromatic carbocycles. The number of hydrogen-bond donors (Lipinski definition) is 1. The summed E-state index contributed by atoms with van der Waals surface area (Å²) in [7, 11) is 0. The van der Waals surface area contributed by atoms with Gasteiger partial charge in [0, 0.05) is 23.8 Å². The van der Waals surface area contributed by atoms with Crippen LogP contribution in [0.2, 0.25) is 0 Å². The van der Waals surface area contributed by atoms with E-state index in [-0.39, 0.29) is 48.6 Å². The van der Waals surface area contributed by atoms with Gasteiger partial charge in [0.1, 0.15) is 5.75 Å². The highest BCUT2D eigenvalue weighted by Crippen LogP contribution is 2.36. The van der Waals surface area contributed by atoms with Gasteiger partial charge in [-0.15, -0.1) is 0 Å². The second-order valence-electron chi connectivity index (χ2n) is 6.15. The van der Waals surface area contributed by atoms with Crippen LogP contribution < -0.4 is 15.2 Å². The third-order valence-electron chi connectivity index (χ3n) is 4.30. The Bertz CT molecular complexity index is 812. The summed E-state index contributed by atoms with van der Waals surface area (Å²) in [6.07, 6.45) is -0.154. The molecule has 1 aliphatic heterocycles. The number of halogens is 2. The molecule has 1 aromatic rings. The number of urea groups is 1. The third-order valence-corrected chi connectivity index (χ3v) is 4.30. The first-order chi connectivity index (χ1) is 13.8. The zero-order valence-corrected chi connectivity index (χ0v) is 15.9. The van der Waals surface area contributed by atoms with Crippen LogP contribution in [0.25, 0.3) is 0 Å². The lowest BCUT2D eigenvalue weighted by Crippen LogP contribution is -2.48. The number of ether oxygens (including phenoxy) is 2. The molecule has 0 aliphatic carbocycles. The number of carbonyl (C=O) groups is 3. The van der Waals surface area contributed by atoms with Crippen molar-refractivity contribution in [1.29, 1.82) is 0 Å². The quantitative estimate of drug-likeness (QED) is 0.620. The lowest BCUT2D eigenvalue weighted by Gasteiger charge is -2.35. The van der Waals surface area contributed by atoms with E-state index in [1.165, 1.54) is 30.0 Å². The Morgan fingerprint density at radius 1 is 1.31 bits per heavy atom. The summed E-state index contributed by atoms with van der Waals surface area (Å²) in [5, 5.41) is 13.2. The molecule has 0 bridgehead atoms. The van der Waals surface area contributed by atoms with Gasteiger partial charge >= 0.3 is 18.6 Å². The molecule has 1 heterocycles. The first-order valence-corrected chi connectivity index (χ1v) is 8.95. The van der Waals surface area contributed by atoms with Crippen LogP contribution in [-0.4, -0.2) is 42.6 Å². The van der Waals surface area contributed by atoms with Gasteiger partial charge in [-0.3, -0.25) is 4.90 Å². The van der Waals surface area contributed by atoms with Gasteiger partial charge in [0.25, 0.3) is 0 Å². The molecule has 0 aromatic heterocycles. The number of rotatable bonds is 9. The number of nitrogens with zero attached hydrogens (tertiary/aromatic N) is 1. The summed E-state index contributed by atoms with van der Waals surface area (Å²) in [4.78, 5) is 37.1. The number of hydrogen-bond acceptors (Lipinski definition) is 6. The standard InChI is InChI=1S/C19H22F2N2O6/c1-3-28-17(26)15-11(2)23(10-6-9-14(24)25)19(27)22-16(15)12-7-4-5-8-13(12)29-18(20)21/h4-5,7-8,16,18H,3,6,9-10H2,1-2H3,(H,22,27)(H,24,25)/p-1/t16-/m0/s1. The summed E-state index contributed by atoms with van der Waals surface area (Å²) in [6.45, 7) is 0.114. The number of esters is 1. The highest BCUT2D eigenvalue weighted by atomic mass is 19.3. The van der Waals surface area contributed by atoms with Crippen LogP contribution in [0, 0.1) is 0 Å². The van der Waals surface area contributed by atoms with Gasteiger partial charge in [0.05, 0.1) is 18.2 Å². The Morgan fingerprint density at radius 3 is 2.62 bits per heavy atom. The van der Waals surface area contributed by atoms with Crippen molar-refractivity contribution in [3.63, 3.8) is 0 Å². The zero-order chi connectivity index (χ0) is 21.6. The zero-order valence-electron chi connectivity index (χ0n) is 15.9. The van der Waals surface area contributed by atoms with E-state index in [2.05, 4.69) is 10.1 Å². The maximum atomic E-state index is 12.8. The molecule has 10 heteroatoms. The molecule has 0 unspecified atom stereocenters. The maximum absolute atomic E-state index is 12.8. The van der Waals surface area contributed by atoms with Crippen LogP contribution in [0.5, 0.6) is 5.75 Å². The molecular formula is C19H21F2N2O6-. The Morgan fingerprint density at radius 2 is 2.00 bits per heavy atom. The number of benzene rings is 1. The monoisotopic (exact) mass is 411 g/mol. The van der Waals surface area contributed by atoms with Gasteiger partial charge in [-0.1, -0.05) is 18.2 Å². The van der Waals surface area contributed by atoms with Crippen LogP contribution in [0.3, 0.4) is 0 Å². The third kappa shape index (κ3) is 5.43. The molecule has 0 saturated heterocycles. The van der Waals surface area contributed by atoms with Crippen molar-refractivity contribution in [2.24, 2.45) is 0 Å². The predicted octanol–water partition coefficient (Wildman–Crippen LogP) is 1.72. The Labute approximate surface area is 166 Å². The van der Waals surface area contributed by atoms with E-state index < -0.39 is 30.6 Å². The van der Waals surface area contributed by atoms with E-state index >= 15 is 0 Å². The van der Waals surface area contributed by atoms with E-state index in [0.717, 1.165) is 0 Å². The Balaban J connectivity index is 2.47. The fourth-order valence-electron chi connectivity index (χ4n) is 3.06. The van der Waals surface area contributed by atoms with Crippen LogP contribution in [0.1, 0.15) is 38.3 Å². The van der Waals surface area contributed by atoms with Crippen molar-refractivity contribution in [3.05, 3.63) is 41.1 Å². The molecular weight excluding hydrogens is 390 g/mol. The van der Waals surface area contributed by atoms with Gasteiger partial charge in [0.15, 0.2) is 0 Å². The number of alkyl halides is 2. The average molecular weight is 411 g/mol. The van der Waals surface area contributed by atoms with Gasteiger partial charge in [-0.2, -0.15) is 8.78 Å². The fourth-order valence-corrected chi connectivity index (χ4v) is 3.06. The molecule has 0 saturated carbocycles. The molecule has 0 radical (unpaired) electrons. The molecule has 1 atom stereocenters. The molecule has 8 nitrogen and oxygen atoms in total. The second kappa shape index (κ2) is 9.85. The second-order valence-corrected chi connectivity index (χ2v) is 6.15. The summed E-state index contributed by atoms with van der Waals surface area (Å²) in [6, 6.07) is 4.13. The van der Waals surface area contributed by atoms with Crippen molar-refractivity contribution in [2.45, 2.75) is 39.3 Å². The number of para-hydroxylation sites is 1. The summed E-state index contributed by atoms with van der Waals surface area (Å²) < 4.78 is 35.2. The first-order valence-electron chi connectivity index (χ1n) is 8.95. The normalized spacial score (nSPS) is 16.7. The van der Waals surface area contributed by atoms with Gasteiger partial charge in [-0.25, -0.2) is 9.59 Å². The number of nitrogens with one attached hydrogen (secondary N) is 1. The van der Waals surface area contributed by atoms with E-state index in [1.54, 1.807) is 13.0 Å². The number of carbonyl (C=O) groups excluding carboxylic acids is 3. The first kappa shape index (κ1) is 22.1. The molecule has 1 aliphatic rings. The summed E-state index contributed by atoms with van der Waals surface area (Å²) in [5.41, 5.74) is 0.450. The molecule has 2 amide bonds. The highest BCUT2D eigenvalue weighted by Gasteiger charge is 2.37. The van der Waals surface area contributed by atoms with E-state index in [0.29, 0.717) is 0 Å². The van der Waals surface area contributed by atoms with Crippen molar-refractivity contribution in [3.8, 4) is 5.75 Å². The average Bonchev–Trinajstić information content (AvgIpc) is 2.63. The largest absolute Gasteiger partial charge is 0.550 e. The number of amides is 2. The van der Waals surface area contributed by atoms with Gasteiger partial charge in [0.2, 0.25) is 0 Å². The van der Waals surface area contributed by atoms with E-state index in [9.17, 15) is 28.3 Å². The summed E-state index contributed by atoms with van der Waals surface area (Å²) >= 11 is 0.